The van der Waals surface area contributed by atoms with Crippen molar-refractivity contribution in [3.8, 4) is 22.5 Å². The minimum Gasteiger partial charge on any atom is -0.258 e. The van der Waals surface area contributed by atoms with Gasteiger partial charge in [0, 0.05) is 22.1 Å². The quantitative estimate of drug-likeness (QED) is 0.148. The maximum Gasteiger partial charge on any atom is 0.281 e. The van der Waals surface area contributed by atoms with Crippen LogP contribution in [0.5, 0.6) is 0 Å². The van der Waals surface area contributed by atoms with Crippen molar-refractivity contribution in [3.63, 3.8) is 0 Å². The van der Waals surface area contributed by atoms with Gasteiger partial charge in [0.25, 0.3) is 5.69 Å². The number of rotatable bonds is 4. The van der Waals surface area contributed by atoms with Crippen molar-refractivity contribution in [3.05, 3.63) is 93.4 Å². The molecule has 28 heavy (non-hydrogen) atoms. The Bertz CT molecular complexity index is 1150. The van der Waals surface area contributed by atoms with Gasteiger partial charge in [-0.05, 0) is 11.6 Å². The molecule has 8 nitrogen and oxygen atoms in total. The van der Waals surface area contributed by atoms with E-state index >= 15 is 0 Å². The molecule has 0 aliphatic heterocycles. The van der Waals surface area contributed by atoms with E-state index in [-0.39, 0.29) is 11.4 Å². The first-order valence-electron chi connectivity index (χ1n) is 8.33. The monoisotopic (exact) mass is 368 g/mol. The summed E-state index contributed by atoms with van der Waals surface area (Å²) in [7, 11) is 0. The largest absolute Gasteiger partial charge is 0.281 e. The zero-order valence-corrected chi connectivity index (χ0v) is 14.4. The summed E-state index contributed by atoms with van der Waals surface area (Å²) in [5.41, 5.74) is 12.0. The van der Waals surface area contributed by atoms with E-state index < -0.39 is 4.92 Å². The van der Waals surface area contributed by atoms with Gasteiger partial charge >= 0.3 is 0 Å². The van der Waals surface area contributed by atoms with Crippen molar-refractivity contribution in [2.24, 2.45) is 5.11 Å². The van der Waals surface area contributed by atoms with Gasteiger partial charge in [-0.2, -0.15) is 0 Å². The summed E-state index contributed by atoms with van der Waals surface area (Å²) >= 11 is 0. The minimum atomic E-state index is -0.599. The molecular weight excluding hydrogens is 356 g/mol. The normalized spacial score (nSPS) is 10.4. The molecule has 0 N–H and O–H groups in total. The molecule has 8 heteroatoms. The highest BCUT2D eigenvalue weighted by molar-refractivity contribution is 5.89. The van der Waals surface area contributed by atoms with Crippen LogP contribution in [-0.2, 0) is 0 Å². The van der Waals surface area contributed by atoms with Crippen LogP contribution in [-0.4, -0.2) is 14.9 Å². The molecule has 1 heterocycles. The standard InChI is InChI=1S/C20H12N6O2/c21-25-24-17-11-15-16(12-18(17)26(27)28)23-20(14-9-5-2-6-10-14)19(22-15)13-7-3-1-4-8-13/h1-12H. The second-order valence-electron chi connectivity index (χ2n) is 5.93. The first-order chi connectivity index (χ1) is 13.7. The molecule has 0 fully saturated rings. The van der Waals surface area contributed by atoms with E-state index in [9.17, 15) is 10.1 Å². The van der Waals surface area contributed by atoms with E-state index in [1.54, 1.807) is 0 Å². The van der Waals surface area contributed by atoms with Gasteiger partial charge in [-0.15, -0.1) is 0 Å². The van der Waals surface area contributed by atoms with E-state index in [4.69, 9.17) is 10.5 Å². The lowest BCUT2D eigenvalue weighted by molar-refractivity contribution is -0.383. The molecule has 0 bridgehead atoms. The summed E-state index contributed by atoms with van der Waals surface area (Å²) in [4.78, 5) is 22.8. The van der Waals surface area contributed by atoms with Gasteiger partial charge in [0.05, 0.1) is 27.3 Å². The fourth-order valence-electron chi connectivity index (χ4n) is 2.95. The number of fused-ring (bicyclic) bond motifs is 1. The summed E-state index contributed by atoms with van der Waals surface area (Å²) in [6, 6.07) is 21.7. The van der Waals surface area contributed by atoms with Crippen LogP contribution in [0.3, 0.4) is 0 Å². The first-order valence-corrected chi connectivity index (χ1v) is 8.33. The van der Waals surface area contributed by atoms with Gasteiger partial charge in [-0.3, -0.25) is 10.1 Å². The summed E-state index contributed by atoms with van der Waals surface area (Å²) in [6.45, 7) is 0. The Labute approximate surface area is 158 Å². The molecular formula is C20H12N6O2. The van der Waals surface area contributed by atoms with E-state index in [1.807, 2.05) is 60.7 Å². The number of hydrogen-bond donors (Lipinski definition) is 0. The molecule has 134 valence electrons. The fraction of sp³-hybridized carbons (Fsp3) is 0. The average Bonchev–Trinajstić information content (AvgIpc) is 2.74. The predicted octanol–water partition coefficient (Wildman–Crippen LogP) is 5.81. The summed E-state index contributed by atoms with van der Waals surface area (Å²) in [5.74, 6) is 0. The molecule has 1 aromatic heterocycles. The highest BCUT2D eigenvalue weighted by Gasteiger charge is 2.19. The summed E-state index contributed by atoms with van der Waals surface area (Å²) < 4.78 is 0. The van der Waals surface area contributed by atoms with Crippen LogP contribution >= 0.6 is 0 Å². The van der Waals surface area contributed by atoms with Gasteiger partial charge in [-0.1, -0.05) is 65.8 Å². The number of nitro benzene ring substituents is 1. The maximum atomic E-state index is 11.4. The highest BCUT2D eigenvalue weighted by atomic mass is 16.6. The minimum absolute atomic E-state index is 0.0965. The molecule has 4 rings (SSSR count). The lowest BCUT2D eigenvalue weighted by Crippen LogP contribution is -1.97. The molecule has 0 saturated heterocycles. The van der Waals surface area contributed by atoms with Crippen LogP contribution in [0.4, 0.5) is 11.4 Å². The second-order valence-corrected chi connectivity index (χ2v) is 5.93. The van der Waals surface area contributed by atoms with Gasteiger partial charge in [-0.25, -0.2) is 9.97 Å². The molecule has 0 aliphatic carbocycles. The van der Waals surface area contributed by atoms with Crippen LogP contribution in [0.25, 0.3) is 44.0 Å². The van der Waals surface area contributed by atoms with Crippen molar-refractivity contribution in [2.75, 3.05) is 0 Å². The number of azide groups is 1. The summed E-state index contributed by atoms with van der Waals surface area (Å²) in [5, 5.41) is 14.8. The van der Waals surface area contributed by atoms with Crippen molar-refractivity contribution in [1.82, 2.24) is 9.97 Å². The first kappa shape index (κ1) is 17.1. The van der Waals surface area contributed by atoms with Crippen molar-refractivity contribution in [1.29, 1.82) is 0 Å². The second kappa shape index (κ2) is 7.14. The smallest absolute Gasteiger partial charge is 0.258 e. The van der Waals surface area contributed by atoms with Crippen molar-refractivity contribution < 1.29 is 4.92 Å². The zero-order chi connectivity index (χ0) is 19.5. The molecule has 3 aromatic carbocycles. The van der Waals surface area contributed by atoms with Crippen LogP contribution in [0.1, 0.15) is 0 Å². The predicted molar refractivity (Wildman–Crippen MR) is 106 cm³/mol. The van der Waals surface area contributed by atoms with Crippen molar-refractivity contribution >= 4 is 22.4 Å². The average molecular weight is 368 g/mol. The number of hydrogen-bond acceptors (Lipinski definition) is 5. The number of nitrogens with zero attached hydrogens (tertiary/aromatic N) is 6. The Morgan fingerprint density at radius 1 is 0.857 bits per heavy atom. The molecule has 0 amide bonds. The van der Waals surface area contributed by atoms with E-state index in [1.165, 1.54) is 12.1 Å². The number of aromatic nitrogens is 2. The lowest BCUT2D eigenvalue weighted by atomic mass is 10.0. The van der Waals surface area contributed by atoms with Gasteiger partial charge in [0.15, 0.2) is 0 Å². The number of benzene rings is 3. The molecule has 0 unspecified atom stereocenters. The Balaban J connectivity index is 2.06. The third-order valence-electron chi connectivity index (χ3n) is 4.20. The topological polar surface area (TPSA) is 118 Å². The van der Waals surface area contributed by atoms with E-state index in [0.29, 0.717) is 22.4 Å². The van der Waals surface area contributed by atoms with Gasteiger partial charge in [0.1, 0.15) is 5.69 Å². The SMILES string of the molecule is [N-]=[N+]=Nc1cc2nc(-c3ccccc3)c(-c3ccccc3)nc2cc1[N+](=O)[O-]. The Hall–Kier alpha value is -4.29. The van der Waals surface area contributed by atoms with Crippen LogP contribution in [0.15, 0.2) is 77.9 Å². The lowest BCUT2D eigenvalue weighted by Gasteiger charge is -2.11. The molecule has 0 spiro atoms. The zero-order valence-electron chi connectivity index (χ0n) is 14.4. The molecule has 0 atom stereocenters. The molecule has 0 radical (unpaired) electrons. The molecule has 4 aromatic rings. The Kier molecular flexibility index (Phi) is 4.37. The fourth-order valence-corrected chi connectivity index (χ4v) is 2.95. The Morgan fingerprint density at radius 3 is 1.82 bits per heavy atom. The van der Waals surface area contributed by atoms with Crippen LogP contribution in [0, 0.1) is 10.1 Å². The van der Waals surface area contributed by atoms with E-state index in [0.717, 1.165) is 11.1 Å². The van der Waals surface area contributed by atoms with E-state index in [2.05, 4.69) is 15.0 Å². The summed E-state index contributed by atoms with van der Waals surface area (Å²) in [6.07, 6.45) is 0. The van der Waals surface area contributed by atoms with Crippen LogP contribution < -0.4 is 0 Å². The third kappa shape index (κ3) is 3.11. The molecule has 0 saturated carbocycles. The van der Waals surface area contributed by atoms with Crippen molar-refractivity contribution in [2.45, 2.75) is 0 Å². The van der Waals surface area contributed by atoms with Gasteiger partial charge in [0.2, 0.25) is 0 Å². The third-order valence-corrected chi connectivity index (χ3v) is 4.20. The number of nitro groups is 1. The highest BCUT2D eigenvalue weighted by Crippen LogP contribution is 2.35. The van der Waals surface area contributed by atoms with Crippen LogP contribution in [0.2, 0.25) is 0 Å². The van der Waals surface area contributed by atoms with Gasteiger partial charge < -0.3 is 0 Å². The molecule has 0 aliphatic rings. The maximum absolute atomic E-state index is 11.4. The Morgan fingerprint density at radius 2 is 1.36 bits per heavy atom.